The Morgan fingerprint density at radius 1 is 0.923 bits per heavy atom. The van der Waals surface area contributed by atoms with Gasteiger partial charge in [-0.05, 0) is 59.2 Å². The van der Waals surface area contributed by atoms with Gasteiger partial charge in [-0.25, -0.2) is 4.79 Å². The molecule has 0 saturated carbocycles. The molecular weight excluding hydrogens is 328 g/mol. The number of benzene rings is 1. The maximum atomic E-state index is 12.3. The van der Waals surface area contributed by atoms with Crippen molar-refractivity contribution in [2.45, 2.75) is 66.2 Å². The number of hydrogen-bond acceptors (Lipinski definition) is 3. The van der Waals surface area contributed by atoms with Crippen LogP contribution in [0.2, 0.25) is 0 Å². The molecule has 0 bridgehead atoms. The second-order valence-corrected chi connectivity index (χ2v) is 7.36. The third-order valence-corrected chi connectivity index (χ3v) is 4.07. The summed E-state index contributed by atoms with van der Waals surface area (Å²) in [6.07, 6.45) is 0. The van der Waals surface area contributed by atoms with E-state index in [2.05, 4.69) is 48.5 Å². The molecule has 0 heterocycles. The van der Waals surface area contributed by atoms with E-state index in [1.807, 2.05) is 26.0 Å². The first-order valence-electron chi connectivity index (χ1n) is 9.38. The fourth-order valence-electron chi connectivity index (χ4n) is 2.78. The van der Waals surface area contributed by atoms with Gasteiger partial charge in [0.25, 0.3) is 5.91 Å². The number of carbonyl (C=O) groups excluding carboxylic acids is 2. The van der Waals surface area contributed by atoms with Crippen molar-refractivity contribution in [2.75, 3.05) is 13.1 Å². The highest BCUT2D eigenvalue weighted by molar-refractivity contribution is 5.94. The molecule has 0 spiro atoms. The molecule has 0 atom stereocenters. The van der Waals surface area contributed by atoms with Gasteiger partial charge >= 0.3 is 6.03 Å². The highest BCUT2D eigenvalue weighted by Crippen LogP contribution is 2.06. The highest BCUT2D eigenvalue weighted by atomic mass is 16.2. The third-order valence-electron chi connectivity index (χ3n) is 4.07. The summed E-state index contributed by atoms with van der Waals surface area (Å²) >= 11 is 0. The topological polar surface area (TPSA) is 73.5 Å². The molecule has 0 aliphatic heterocycles. The maximum Gasteiger partial charge on any atom is 0.315 e. The fourth-order valence-corrected chi connectivity index (χ4v) is 2.78. The summed E-state index contributed by atoms with van der Waals surface area (Å²) in [7, 11) is 0. The Hall–Kier alpha value is -2.08. The van der Waals surface area contributed by atoms with Gasteiger partial charge in [0, 0.05) is 43.3 Å². The molecule has 6 nitrogen and oxygen atoms in total. The van der Waals surface area contributed by atoms with Crippen LogP contribution in [0.15, 0.2) is 24.3 Å². The summed E-state index contributed by atoms with van der Waals surface area (Å²) in [6.45, 7) is 14.3. The van der Waals surface area contributed by atoms with Gasteiger partial charge in [0.15, 0.2) is 0 Å². The second-order valence-electron chi connectivity index (χ2n) is 7.36. The summed E-state index contributed by atoms with van der Waals surface area (Å²) < 4.78 is 0. The first kappa shape index (κ1) is 22.0. The molecule has 0 radical (unpaired) electrons. The summed E-state index contributed by atoms with van der Waals surface area (Å²) in [4.78, 5) is 26.2. The van der Waals surface area contributed by atoms with Gasteiger partial charge in [0.05, 0.1) is 0 Å². The van der Waals surface area contributed by atoms with E-state index in [4.69, 9.17) is 0 Å². The molecule has 146 valence electrons. The first-order chi connectivity index (χ1) is 12.2. The number of amides is 3. The average Bonchev–Trinajstić information content (AvgIpc) is 2.55. The number of carbonyl (C=O) groups is 2. The Morgan fingerprint density at radius 3 is 2.00 bits per heavy atom. The number of nitrogens with one attached hydrogen (secondary N) is 3. The van der Waals surface area contributed by atoms with Gasteiger partial charge in [0.2, 0.25) is 0 Å². The summed E-state index contributed by atoms with van der Waals surface area (Å²) in [6, 6.07) is 8.10. The minimum atomic E-state index is -0.193. The second kappa shape index (κ2) is 10.8. The lowest BCUT2D eigenvalue weighted by Gasteiger charge is -2.30. The zero-order valence-electron chi connectivity index (χ0n) is 16.9. The largest absolute Gasteiger partial charge is 0.351 e. The number of urea groups is 1. The molecule has 3 N–H and O–H groups in total. The van der Waals surface area contributed by atoms with Gasteiger partial charge in [-0.3, -0.25) is 9.69 Å². The van der Waals surface area contributed by atoms with Crippen molar-refractivity contribution in [1.29, 1.82) is 0 Å². The Labute approximate surface area is 157 Å². The van der Waals surface area contributed by atoms with E-state index in [0.29, 0.717) is 30.7 Å². The van der Waals surface area contributed by atoms with Crippen LogP contribution in [-0.4, -0.2) is 48.1 Å². The maximum absolute atomic E-state index is 12.3. The van der Waals surface area contributed by atoms with Crippen molar-refractivity contribution in [2.24, 2.45) is 0 Å². The van der Waals surface area contributed by atoms with E-state index in [0.717, 1.165) is 12.1 Å². The lowest BCUT2D eigenvalue weighted by atomic mass is 10.1. The quantitative estimate of drug-likeness (QED) is 0.632. The van der Waals surface area contributed by atoms with Crippen molar-refractivity contribution in [3.05, 3.63) is 35.4 Å². The average molecular weight is 363 g/mol. The minimum Gasteiger partial charge on any atom is -0.351 e. The number of rotatable bonds is 9. The van der Waals surface area contributed by atoms with Crippen molar-refractivity contribution in [3.63, 3.8) is 0 Å². The number of nitrogens with zero attached hydrogens (tertiary/aromatic N) is 1. The summed E-state index contributed by atoms with van der Waals surface area (Å²) in [5.74, 6) is -0.0745. The van der Waals surface area contributed by atoms with Crippen LogP contribution in [-0.2, 0) is 6.54 Å². The van der Waals surface area contributed by atoms with Gasteiger partial charge in [0.1, 0.15) is 0 Å². The Bertz CT molecular complexity index is 560. The van der Waals surface area contributed by atoms with Gasteiger partial charge in [-0.1, -0.05) is 12.1 Å². The van der Waals surface area contributed by atoms with Crippen molar-refractivity contribution in [3.8, 4) is 0 Å². The SMILES string of the molecule is CC(C)NC(=O)NCc1ccc(C(=O)NCCN(C(C)C)C(C)C)cc1. The molecule has 0 aromatic heterocycles. The Morgan fingerprint density at radius 2 is 1.50 bits per heavy atom. The standard InChI is InChI=1S/C20H34N4O2/c1-14(2)23-20(26)22-13-17-7-9-18(10-8-17)19(25)21-11-12-24(15(3)4)16(5)6/h7-10,14-16H,11-13H2,1-6H3,(H,21,25)(H2,22,23,26). The van der Waals surface area contributed by atoms with E-state index in [1.54, 1.807) is 12.1 Å². The van der Waals surface area contributed by atoms with Crippen LogP contribution in [0.4, 0.5) is 4.79 Å². The van der Waals surface area contributed by atoms with E-state index in [-0.39, 0.29) is 18.0 Å². The van der Waals surface area contributed by atoms with Crippen LogP contribution in [0, 0.1) is 0 Å². The monoisotopic (exact) mass is 362 g/mol. The van der Waals surface area contributed by atoms with Crippen LogP contribution >= 0.6 is 0 Å². The van der Waals surface area contributed by atoms with Crippen LogP contribution in [0.1, 0.15) is 57.5 Å². The van der Waals surface area contributed by atoms with E-state index >= 15 is 0 Å². The predicted octanol–water partition coefficient (Wildman–Crippen LogP) is 2.74. The van der Waals surface area contributed by atoms with Crippen molar-refractivity contribution in [1.82, 2.24) is 20.9 Å². The Balaban J connectivity index is 2.45. The van der Waals surface area contributed by atoms with E-state index in [9.17, 15) is 9.59 Å². The molecule has 0 unspecified atom stereocenters. The van der Waals surface area contributed by atoms with Crippen molar-refractivity contribution >= 4 is 11.9 Å². The summed E-state index contributed by atoms with van der Waals surface area (Å²) in [5.41, 5.74) is 1.58. The molecule has 0 aliphatic rings. The molecule has 1 rings (SSSR count). The predicted molar refractivity (Wildman–Crippen MR) is 106 cm³/mol. The fraction of sp³-hybridized carbons (Fsp3) is 0.600. The molecule has 0 saturated heterocycles. The van der Waals surface area contributed by atoms with Crippen LogP contribution < -0.4 is 16.0 Å². The molecule has 26 heavy (non-hydrogen) atoms. The van der Waals surface area contributed by atoms with Gasteiger partial charge < -0.3 is 16.0 Å². The molecular formula is C20H34N4O2. The lowest BCUT2D eigenvalue weighted by Crippen LogP contribution is -2.42. The Kier molecular flexibility index (Phi) is 9.13. The molecule has 6 heteroatoms. The highest BCUT2D eigenvalue weighted by Gasteiger charge is 2.13. The first-order valence-corrected chi connectivity index (χ1v) is 9.38. The smallest absolute Gasteiger partial charge is 0.315 e. The van der Waals surface area contributed by atoms with Crippen LogP contribution in [0.25, 0.3) is 0 Å². The number of hydrogen-bond donors (Lipinski definition) is 3. The summed E-state index contributed by atoms with van der Waals surface area (Å²) in [5, 5.41) is 8.53. The third kappa shape index (κ3) is 7.87. The minimum absolute atomic E-state index is 0.0745. The zero-order chi connectivity index (χ0) is 19.7. The van der Waals surface area contributed by atoms with Crippen LogP contribution in [0.5, 0.6) is 0 Å². The molecule has 1 aromatic carbocycles. The van der Waals surface area contributed by atoms with Crippen molar-refractivity contribution < 1.29 is 9.59 Å². The van der Waals surface area contributed by atoms with Crippen LogP contribution in [0.3, 0.4) is 0 Å². The van der Waals surface area contributed by atoms with Gasteiger partial charge in [-0.15, -0.1) is 0 Å². The van der Waals surface area contributed by atoms with Gasteiger partial charge in [-0.2, -0.15) is 0 Å². The van der Waals surface area contributed by atoms with E-state index < -0.39 is 0 Å². The molecule has 0 aliphatic carbocycles. The zero-order valence-corrected chi connectivity index (χ0v) is 16.9. The molecule has 3 amide bonds. The molecule has 0 fully saturated rings. The lowest BCUT2D eigenvalue weighted by molar-refractivity contribution is 0.0939. The van der Waals surface area contributed by atoms with E-state index in [1.165, 1.54) is 0 Å². The normalized spacial score (nSPS) is 11.3. The molecule has 1 aromatic rings.